The Morgan fingerprint density at radius 2 is 2.17 bits per heavy atom. The van der Waals surface area contributed by atoms with Gasteiger partial charge in [-0.2, -0.15) is 5.10 Å². The van der Waals surface area contributed by atoms with Crippen molar-refractivity contribution in [2.75, 3.05) is 20.3 Å². The number of rotatable bonds is 1. The van der Waals surface area contributed by atoms with Gasteiger partial charge in [-0.25, -0.2) is 0 Å². The summed E-state index contributed by atoms with van der Waals surface area (Å²) >= 11 is 5.92. The fourth-order valence-electron chi connectivity index (χ4n) is 2.06. The van der Waals surface area contributed by atoms with Crippen molar-refractivity contribution in [1.29, 1.82) is 0 Å². The molecule has 0 saturated heterocycles. The fourth-order valence-corrected chi connectivity index (χ4v) is 2.31. The van der Waals surface area contributed by atoms with Gasteiger partial charge in [-0.3, -0.25) is 9.78 Å². The summed E-state index contributed by atoms with van der Waals surface area (Å²) in [6.07, 6.45) is 4.64. The van der Waals surface area contributed by atoms with Gasteiger partial charge < -0.3 is 14.3 Å². The number of oxime groups is 1. The Bertz CT molecular complexity index is 781. The minimum Gasteiger partial charge on any atom is -0.485 e. The van der Waals surface area contributed by atoms with Crippen LogP contribution in [0.25, 0.3) is 0 Å². The molecule has 23 heavy (non-hydrogen) atoms. The first-order valence-corrected chi connectivity index (χ1v) is 6.93. The number of ketones is 1. The van der Waals surface area contributed by atoms with E-state index in [0.29, 0.717) is 34.5 Å². The molecule has 0 N–H and O–H groups in total. The van der Waals surface area contributed by atoms with Crippen molar-refractivity contribution >= 4 is 23.1 Å². The maximum atomic E-state index is 10.9. The Hall–Kier alpha value is -2.74. The van der Waals surface area contributed by atoms with Gasteiger partial charge in [0.05, 0.1) is 28.5 Å². The molecule has 8 nitrogen and oxygen atoms in total. The van der Waals surface area contributed by atoms with E-state index in [-0.39, 0.29) is 12.4 Å². The molecule has 0 fully saturated rings. The Balaban J connectivity index is 0.000000140. The fraction of sp³-hybridized carbons (Fsp3) is 0.214. The first-order valence-electron chi connectivity index (χ1n) is 6.55. The Morgan fingerprint density at radius 1 is 1.30 bits per heavy atom. The van der Waals surface area contributed by atoms with Crippen LogP contribution in [-0.2, 0) is 4.84 Å². The second-order valence-electron chi connectivity index (χ2n) is 4.47. The first-order chi connectivity index (χ1) is 11.2. The van der Waals surface area contributed by atoms with E-state index in [2.05, 4.69) is 25.2 Å². The van der Waals surface area contributed by atoms with E-state index < -0.39 is 0 Å². The third-order valence-electron chi connectivity index (χ3n) is 3.05. The Morgan fingerprint density at radius 3 is 2.96 bits per heavy atom. The molecule has 0 aromatic carbocycles. The summed E-state index contributed by atoms with van der Waals surface area (Å²) in [6.45, 7) is 0.489. The molecule has 4 heterocycles. The van der Waals surface area contributed by atoms with E-state index in [1.54, 1.807) is 18.5 Å². The van der Waals surface area contributed by atoms with E-state index in [1.165, 1.54) is 13.3 Å². The molecule has 118 valence electrons. The molecule has 0 amide bonds. The Labute approximate surface area is 136 Å². The number of fused-ring (bicyclic) bond motifs is 2. The van der Waals surface area contributed by atoms with Gasteiger partial charge in [0, 0.05) is 6.20 Å². The quantitative estimate of drug-likeness (QED) is 0.729. The van der Waals surface area contributed by atoms with Crippen LogP contribution < -0.4 is 9.47 Å². The molecule has 9 heteroatoms. The number of hydrogen-bond acceptors (Lipinski definition) is 8. The lowest BCUT2D eigenvalue weighted by atomic mass is 10.2. The Kier molecular flexibility index (Phi) is 4.33. The molecular weight excluding hydrogens is 324 g/mol. The van der Waals surface area contributed by atoms with Crippen LogP contribution in [0.15, 0.2) is 29.8 Å². The molecule has 0 aliphatic carbocycles. The van der Waals surface area contributed by atoms with E-state index >= 15 is 0 Å². The van der Waals surface area contributed by atoms with Crippen LogP contribution in [0.1, 0.15) is 15.9 Å². The second-order valence-corrected chi connectivity index (χ2v) is 4.87. The largest absolute Gasteiger partial charge is 0.485 e. The van der Waals surface area contributed by atoms with Crippen molar-refractivity contribution in [1.82, 2.24) is 15.2 Å². The summed E-state index contributed by atoms with van der Waals surface area (Å²) in [6, 6.07) is 1.61. The summed E-state index contributed by atoms with van der Waals surface area (Å²) in [5, 5.41) is 11.5. The van der Waals surface area contributed by atoms with Gasteiger partial charge in [0.2, 0.25) is 11.7 Å². The lowest BCUT2D eigenvalue weighted by Gasteiger charge is -1.97. The number of halogens is 1. The highest BCUT2D eigenvalue weighted by atomic mass is 35.5. The highest BCUT2D eigenvalue weighted by Gasteiger charge is 2.23. The SMILES string of the molecule is CON=C1COc2cncc(Cl)c21.O=C1COc2nnccc21. The third kappa shape index (κ3) is 3.07. The molecule has 0 atom stereocenters. The van der Waals surface area contributed by atoms with Crippen molar-refractivity contribution < 1.29 is 19.1 Å². The van der Waals surface area contributed by atoms with Crippen LogP contribution >= 0.6 is 11.6 Å². The third-order valence-corrected chi connectivity index (χ3v) is 3.33. The average molecular weight is 335 g/mol. The number of Topliss-reactive ketones (excluding diaryl/α,β-unsaturated/α-hetero) is 1. The van der Waals surface area contributed by atoms with Crippen LogP contribution in [0.2, 0.25) is 5.02 Å². The van der Waals surface area contributed by atoms with Crippen LogP contribution in [0.4, 0.5) is 0 Å². The van der Waals surface area contributed by atoms with Crippen molar-refractivity contribution in [2.24, 2.45) is 5.16 Å². The lowest BCUT2D eigenvalue weighted by Crippen LogP contribution is -2.03. The van der Waals surface area contributed by atoms with E-state index in [0.717, 1.165) is 5.56 Å². The topological polar surface area (TPSA) is 95.8 Å². The monoisotopic (exact) mass is 334 g/mol. The van der Waals surface area contributed by atoms with Gasteiger partial charge in [-0.05, 0) is 6.07 Å². The molecule has 2 aromatic heterocycles. The number of hydrogen-bond donors (Lipinski definition) is 0. The normalized spacial score (nSPS) is 15.9. The molecule has 0 saturated carbocycles. The number of aromatic nitrogens is 3. The molecule has 0 spiro atoms. The maximum Gasteiger partial charge on any atom is 0.244 e. The first kappa shape index (κ1) is 15.2. The van der Waals surface area contributed by atoms with Gasteiger partial charge in [-0.15, -0.1) is 5.10 Å². The zero-order valence-corrected chi connectivity index (χ0v) is 12.8. The zero-order chi connectivity index (χ0) is 16.2. The highest BCUT2D eigenvalue weighted by Crippen LogP contribution is 2.30. The van der Waals surface area contributed by atoms with E-state index in [4.69, 9.17) is 21.1 Å². The summed E-state index contributed by atoms with van der Waals surface area (Å²) in [5.74, 6) is 0.987. The second kappa shape index (κ2) is 6.57. The summed E-state index contributed by atoms with van der Waals surface area (Å²) in [7, 11) is 1.49. The lowest BCUT2D eigenvalue weighted by molar-refractivity contribution is 0.0960. The number of nitrogens with zero attached hydrogens (tertiary/aromatic N) is 4. The maximum absolute atomic E-state index is 10.9. The van der Waals surface area contributed by atoms with Crippen LogP contribution in [0.3, 0.4) is 0 Å². The predicted octanol–water partition coefficient (Wildman–Crippen LogP) is 1.53. The number of pyridine rings is 1. The smallest absolute Gasteiger partial charge is 0.244 e. The molecular formula is C14H11ClN4O4. The zero-order valence-electron chi connectivity index (χ0n) is 12.0. The minimum absolute atomic E-state index is 0.0232. The highest BCUT2D eigenvalue weighted by molar-refractivity contribution is 6.35. The minimum atomic E-state index is -0.0232. The molecule has 2 aliphatic heterocycles. The van der Waals surface area contributed by atoms with Crippen molar-refractivity contribution in [3.8, 4) is 11.6 Å². The number of ether oxygens (including phenoxy) is 2. The summed E-state index contributed by atoms with van der Waals surface area (Å²) < 4.78 is 10.2. The molecule has 0 bridgehead atoms. The molecule has 4 rings (SSSR count). The molecule has 2 aliphatic rings. The van der Waals surface area contributed by atoms with E-state index in [9.17, 15) is 4.79 Å². The average Bonchev–Trinajstić information content (AvgIpc) is 3.14. The summed E-state index contributed by atoms with van der Waals surface area (Å²) in [5.41, 5.74) is 2.01. The van der Waals surface area contributed by atoms with Gasteiger partial charge in [0.25, 0.3) is 0 Å². The molecule has 2 aromatic rings. The van der Waals surface area contributed by atoms with Crippen LogP contribution in [0, 0.1) is 0 Å². The molecule has 0 unspecified atom stereocenters. The number of carbonyl (C=O) groups excluding carboxylic acids is 1. The van der Waals surface area contributed by atoms with Crippen molar-refractivity contribution in [3.05, 3.63) is 40.8 Å². The van der Waals surface area contributed by atoms with Crippen molar-refractivity contribution in [2.45, 2.75) is 0 Å². The number of carbonyl (C=O) groups is 1. The predicted molar refractivity (Wildman–Crippen MR) is 80.1 cm³/mol. The summed E-state index contributed by atoms with van der Waals surface area (Å²) in [4.78, 5) is 19.4. The van der Waals surface area contributed by atoms with Gasteiger partial charge in [0.15, 0.2) is 6.61 Å². The van der Waals surface area contributed by atoms with Crippen LogP contribution in [-0.4, -0.2) is 47.0 Å². The van der Waals surface area contributed by atoms with Crippen molar-refractivity contribution in [3.63, 3.8) is 0 Å². The van der Waals surface area contributed by atoms with Gasteiger partial charge >= 0.3 is 0 Å². The van der Waals surface area contributed by atoms with E-state index in [1.807, 2.05) is 0 Å². The standard InChI is InChI=1S/C8H7ClN2O2.C6H4N2O2/c1-12-11-6-4-13-7-3-10-2-5(9)8(6)7;9-5-3-10-6-4(5)1-2-7-8-6/h2-3H,4H2,1H3;1-2H,3H2. The van der Waals surface area contributed by atoms with Gasteiger partial charge in [-0.1, -0.05) is 16.8 Å². The molecule has 0 radical (unpaired) electrons. The van der Waals surface area contributed by atoms with Gasteiger partial charge in [0.1, 0.15) is 25.2 Å². The van der Waals surface area contributed by atoms with Crippen LogP contribution in [0.5, 0.6) is 11.6 Å².